The average Bonchev–Trinajstić information content (AvgIpc) is 2.49. The van der Waals surface area contributed by atoms with Crippen molar-refractivity contribution in [3.05, 3.63) is 23.1 Å². The van der Waals surface area contributed by atoms with Gasteiger partial charge in [-0.05, 0) is 42.0 Å². The molecule has 1 saturated carbocycles. The van der Waals surface area contributed by atoms with Crippen LogP contribution < -0.4 is 5.32 Å². The summed E-state index contributed by atoms with van der Waals surface area (Å²) in [7, 11) is 0. The summed E-state index contributed by atoms with van der Waals surface area (Å²) >= 11 is 5.67. The third-order valence-electron chi connectivity index (χ3n) is 3.04. The van der Waals surface area contributed by atoms with Crippen LogP contribution in [0, 0.1) is 5.41 Å². The lowest BCUT2D eigenvalue weighted by Gasteiger charge is -2.38. The smallest absolute Gasteiger partial charge is 0.193 e. The molecule has 15 heavy (non-hydrogen) atoms. The van der Waals surface area contributed by atoms with E-state index in [1.165, 1.54) is 19.3 Å². The largest absolute Gasteiger partial charge is 0.448 e. The second-order valence-electron chi connectivity index (χ2n) is 4.47. The van der Waals surface area contributed by atoms with Crippen molar-refractivity contribution in [2.75, 3.05) is 6.54 Å². The van der Waals surface area contributed by atoms with Gasteiger partial charge in [0.05, 0.1) is 6.54 Å². The Labute approximate surface area is 102 Å². The zero-order valence-corrected chi connectivity index (χ0v) is 10.5. The highest BCUT2D eigenvalue weighted by molar-refractivity contribution is 6.28. The van der Waals surface area contributed by atoms with E-state index in [4.69, 9.17) is 16.0 Å². The third kappa shape index (κ3) is 3.40. The fourth-order valence-corrected chi connectivity index (χ4v) is 2.05. The van der Waals surface area contributed by atoms with Crippen LogP contribution in [0.5, 0.6) is 0 Å². The molecule has 0 aliphatic heterocycles. The normalized spacial score (nSPS) is 18.0. The van der Waals surface area contributed by atoms with E-state index in [1.54, 1.807) is 6.07 Å². The van der Waals surface area contributed by atoms with Crippen LogP contribution in [0.4, 0.5) is 0 Å². The molecule has 1 heterocycles. The van der Waals surface area contributed by atoms with Crippen LogP contribution in [-0.2, 0) is 6.54 Å². The Morgan fingerprint density at radius 2 is 2.20 bits per heavy atom. The van der Waals surface area contributed by atoms with E-state index in [1.807, 2.05) is 6.07 Å². The first kappa shape index (κ1) is 12.9. The van der Waals surface area contributed by atoms with Crippen molar-refractivity contribution in [1.82, 2.24) is 5.32 Å². The van der Waals surface area contributed by atoms with Crippen molar-refractivity contribution < 1.29 is 4.42 Å². The number of furan rings is 1. The first-order valence-electron chi connectivity index (χ1n) is 5.13. The van der Waals surface area contributed by atoms with E-state index in [-0.39, 0.29) is 12.4 Å². The second-order valence-corrected chi connectivity index (χ2v) is 4.85. The number of rotatable bonds is 4. The summed E-state index contributed by atoms with van der Waals surface area (Å²) in [6.07, 6.45) is 4.07. The molecule has 1 N–H and O–H groups in total. The summed E-state index contributed by atoms with van der Waals surface area (Å²) in [4.78, 5) is 0. The fraction of sp³-hybridized carbons (Fsp3) is 0.636. The Kier molecular flexibility index (Phi) is 4.50. The molecule has 1 aliphatic carbocycles. The molecule has 0 bridgehead atoms. The number of nitrogens with one attached hydrogen (secondary N) is 1. The monoisotopic (exact) mass is 249 g/mol. The zero-order chi connectivity index (χ0) is 10.0. The molecule has 0 aromatic carbocycles. The summed E-state index contributed by atoms with van der Waals surface area (Å²) in [6.45, 7) is 4.19. The van der Waals surface area contributed by atoms with Gasteiger partial charge >= 0.3 is 0 Å². The van der Waals surface area contributed by atoms with Crippen LogP contribution in [0.2, 0.25) is 5.22 Å². The van der Waals surface area contributed by atoms with Gasteiger partial charge in [0.15, 0.2) is 5.22 Å². The molecule has 0 atom stereocenters. The molecule has 0 saturated heterocycles. The van der Waals surface area contributed by atoms with Gasteiger partial charge in [-0.25, -0.2) is 0 Å². The number of halogens is 2. The van der Waals surface area contributed by atoms with E-state index in [2.05, 4.69) is 12.2 Å². The Hall–Kier alpha value is -0.180. The lowest BCUT2D eigenvalue weighted by Crippen LogP contribution is -2.36. The Morgan fingerprint density at radius 1 is 1.47 bits per heavy atom. The molecular weight excluding hydrogens is 233 g/mol. The van der Waals surface area contributed by atoms with Crippen LogP contribution in [-0.4, -0.2) is 6.54 Å². The molecule has 0 amide bonds. The molecule has 1 aromatic rings. The zero-order valence-electron chi connectivity index (χ0n) is 8.88. The lowest BCUT2D eigenvalue weighted by atomic mass is 9.70. The molecule has 86 valence electrons. The molecule has 0 spiro atoms. The third-order valence-corrected chi connectivity index (χ3v) is 3.24. The van der Waals surface area contributed by atoms with Crippen LogP contribution in [0.15, 0.2) is 16.5 Å². The molecule has 0 radical (unpaired) electrons. The fourth-order valence-electron chi connectivity index (χ4n) is 1.89. The summed E-state index contributed by atoms with van der Waals surface area (Å²) in [5.41, 5.74) is 0.524. The van der Waals surface area contributed by atoms with Crippen molar-refractivity contribution in [2.24, 2.45) is 5.41 Å². The Morgan fingerprint density at radius 3 is 2.67 bits per heavy atom. The van der Waals surface area contributed by atoms with Gasteiger partial charge < -0.3 is 9.73 Å². The minimum Gasteiger partial charge on any atom is -0.448 e. The molecule has 0 unspecified atom stereocenters. The summed E-state index contributed by atoms with van der Waals surface area (Å²) in [5.74, 6) is 0.915. The second kappa shape index (κ2) is 5.24. The molecule has 4 heteroatoms. The van der Waals surface area contributed by atoms with Crippen molar-refractivity contribution in [1.29, 1.82) is 0 Å². The molecule has 1 aromatic heterocycles. The van der Waals surface area contributed by atoms with Crippen LogP contribution in [0.1, 0.15) is 31.9 Å². The lowest BCUT2D eigenvalue weighted by molar-refractivity contribution is 0.155. The molecular formula is C11H17Cl2NO. The van der Waals surface area contributed by atoms with Crippen LogP contribution >= 0.6 is 24.0 Å². The highest BCUT2D eigenvalue weighted by Crippen LogP contribution is 2.39. The van der Waals surface area contributed by atoms with Crippen molar-refractivity contribution in [2.45, 2.75) is 32.7 Å². The van der Waals surface area contributed by atoms with E-state index < -0.39 is 0 Å². The Bertz CT molecular complexity index is 307. The molecule has 1 fully saturated rings. The van der Waals surface area contributed by atoms with Gasteiger partial charge in [-0.1, -0.05) is 13.3 Å². The highest BCUT2D eigenvalue weighted by Gasteiger charge is 2.30. The molecule has 1 aliphatic rings. The molecule has 2 nitrogen and oxygen atoms in total. The maximum atomic E-state index is 5.67. The van der Waals surface area contributed by atoms with Gasteiger partial charge in [0.1, 0.15) is 5.76 Å². The SMILES string of the molecule is CC1(CNCc2ccc(Cl)o2)CCC1.Cl. The van der Waals surface area contributed by atoms with E-state index in [0.29, 0.717) is 10.6 Å². The highest BCUT2D eigenvalue weighted by atomic mass is 35.5. The predicted molar refractivity (Wildman–Crippen MR) is 64.6 cm³/mol. The summed E-state index contributed by atoms with van der Waals surface area (Å²) in [6, 6.07) is 3.70. The van der Waals surface area contributed by atoms with E-state index in [9.17, 15) is 0 Å². The van der Waals surface area contributed by atoms with Gasteiger partial charge in [0.2, 0.25) is 0 Å². The van der Waals surface area contributed by atoms with Crippen LogP contribution in [0.25, 0.3) is 0 Å². The van der Waals surface area contributed by atoms with Crippen molar-refractivity contribution >= 4 is 24.0 Å². The maximum Gasteiger partial charge on any atom is 0.193 e. The summed E-state index contributed by atoms with van der Waals surface area (Å²) < 4.78 is 5.25. The first-order chi connectivity index (χ1) is 6.68. The first-order valence-corrected chi connectivity index (χ1v) is 5.51. The maximum absolute atomic E-state index is 5.67. The van der Waals surface area contributed by atoms with E-state index in [0.717, 1.165) is 18.8 Å². The number of hydrogen-bond acceptors (Lipinski definition) is 2. The Balaban J connectivity index is 0.00000112. The molecule has 2 rings (SSSR count). The average molecular weight is 250 g/mol. The quantitative estimate of drug-likeness (QED) is 0.882. The van der Waals surface area contributed by atoms with Gasteiger partial charge in [-0.2, -0.15) is 0 Å². The summed E-state index contributed by atoms with van der Waals surface area (Å²) in [5, 5.41) is 3.87. The minimum absolute atomic E-state index is 0. The topological polar surface area (TPSA) is 25.2 Å². The minimum atomic E-state index is 0. The van der Waals surface area contributed by atoms with Gasteiger partial charge in [0, 0.05) is 6.54 Å². The van der Waals surface area contributed by atoms with E-state index >= 15 is 0 Å². The predicted octanol–water partition coefficient (Wildman–Crippen LogP) is 3.63. The van der Waals surface area contributed by atoms with Gasteiger partial charge in [-0.15, -0.1) is 12.4 Å². The number of hydrogen-bond donors (Lipinski definition) is 1. The van der Waals surface area contributed by atoms with Crippen LogP contribution in [0.3, 0.4) is 0 Å². The van der Waals surface area contributed by atoms with Crippen molar-refractivity contribution in [3.63, 3.8) is 0 Å². The van der Waals surface area contributed by atoms with Gasteiger partial charge in [0.25, 0.3) is 0 Å². The van der Waals surface area contributed by atoms with Gasteiger partial charge in [-0.3, -0.25) is 0 Å². The standard InChI is InChI=1S/C11H16ClNO.ClH/c1-11(5-2-6-11)8-13-7-9-3-4-10(12)14-9;/h3-4,13H,2,5-8H2,1H3;1H. The van der Waals surface area contributed by atoms with Crippen molar-refractivity contribution in [3.8, 4) is 0 Å².